The van der Waals surface area contributed by atoms with Crippen molar-refractivity contribution in [2.75, 3.05) is 25.1 Å². The summed E-state index contributed by atoms with van der Waals surface area (Å²) >= 11 is 0. The van der Waals surface area contributed by atoms with Crippen LogP contribution in [-0.2, 0) is 9.53 Å². The van der Waals surface area contributed by atoms with Crippen LogP contribution in [0, 0.1) is 10.1 Å². The van der Waals surface area contributed by atoms with Crippen LogP contribution in [0.5, 0.6) is 0 Å². The fraction of sp³-hybridized carbons (Fsp3) is 0.400. The molecule has 0 aliphatic heterocycles. The Morgan fingerprint density at radius 2 is 2.29 bits per heavy atom. The molecule has 0 amide bonds. The van der Waals surface area contributed by atoms with E-state index in [1.807, 2.05) is 6.92 Å². The molecule has 0 atom stereocenters. The van der Waals surface area contributed by atoms with E-state index < -0.39 is 4.92 Å². The van der Waals surface area contributed by atoms with E-state index >= 15 is 0 Å². The van der Waals surface area contributed by atoms with Gasteiger partial charge in [0.2, 0.25) is 0 Å². The standard InChI is InChI=1S/C10H13N3O4/c1-3-12(7-10(14)17-2)9-5-4-8(6-11-9)13(15)16/h4-6H,3,7H2,1-2H3. The van der Waals surface area contributed by atoms with Gasteiger partial charge in [0.15, 0.2) is 0 Å². The van der Waals surface area contributed by atoms with E-state index in [1.165, 1.54) is 19.2 Å². The number of nitrogens with zero attached hydrogens (tertiary/aromatic N) is 3. The van der Waals surface area contributed by atoms with Gasteiger partial charge in [0.25, 0.3) is 5.69 Å². The molecule has 7 heteroatoms. The van der Waals surface area contributed by atoms with Gasteiger partial charge in [-0.3, -0.25) is 14.9 Å². The number of carbonyl (C=O) groups excluding carboxylic acids is 1. The van der Waals surface area contributed by atoms with Gasteiger partial charge in [-0.15, -0.1) is 0 Å². The number of hydrogen-bond acceptors (Lipinski definition) is 6. The Bertz CT molecular complexity index is 405. The first kappa shape index (κ1) is 12.9. The van der Waals surface area contributed by atoms with Gasteiger partial charge >= 0.3 is 5.97 Å². The minimum Gasteiger partial charge on any atom is -0.468 e. The zero-order chi connectivity index (χ0) is 12.8. The Hall–Kier alpha value is -2.18. The number of pyridine rings is 1. The van der Waals surface area contributed by atoms with Crippen molar-refractivity contribution in [1.29, 1.82) is 0 Å². The van der Waals surface area contributed by atoms with Crippen molar-refractivity contribution in [3.63, 3.8) is 0 Å². The molecule has 17 heavy (non-hydrogen) atoms. The Labute approximate surface area is 98.2 Å². The van der Waals surface area contributed by atoms with Gasteiger partial charge < -0.3 is 9.64 Å². The molecule has 7 nitrogen and oxygen atoms in total. The van der Waals surface area contributed by atoms with Crippen LogP contribution in [0.4, 0.5) is 11.5 Å². The van der Waals surface area contributed by atoms with Crippen LogP contribution in [0.2, 0.25) is 0 Å². The number of aromatic nitrogens is 1. The quantitative estimate of drug-likeness (QED) is 0.432. The number of ether oxygens (including phenoxy) is 1. The van der Waals surface area contributed by atoms with E-state index in [-0.39, 0.29) is 18.2 Å². The van der Waals surface area contributed by atoms with Crippen molar-refractivity contribution in [2.24, 2.45) is 0 Å². The number of carbonyl (C=O) groups is 1. The normalized spacial score (nSPS) is 9.76. The molecule has 1 heterocycles. The van der Waals surface area contributed by atoms with Crippen molar-refractivity contribution < 1.29 is 14.5 Å². The number of nitro groups is 1. The maximum absolute atomic E-state index is 11.1. The summed E-state index contributed by atoms with van der Waals surface area (Å²) in [4.78, 5) is 26.7. The van der Waals surface area contributed by atoms with Gasteiger partial charge in [0.1, 0.15) is 18.6 Å². The molecule has 1 aromatic rings. The number of anilines is 1. The SMILES string of the molecule is CCN(CC(=O)OC)c1ccc([N+](=O)[O-])cn1. The van der Waals surface area contributed by atoms with E-state index in [2.05, 4.69) is 9.72 Å². The van der Waals surface area contributed by atoms with Crippen molar-refractivity contribution in [3.8, 4) is 0 Å². The smallest absolute Gasteiger partial charge is 0.325 e. The molecule has 0 aliphatic rings. The van der Waals surface area contributed by atoms with E-state index in [1.54, 1.807) is 4.90 Å². The number of likely N-dealkylation sites (N-methyl/N-ethyl adjacent to an activating group) is 1. The molecular weight excluding hydrogens is 226 g/mol. The highest BCUT2D eigenvalue weighted by atomic mass is 16.6. The van der Waals surface area contributed by atoms with Crippen LogP contribution in [0.15, 0.2) is 18.3 Å². The first-order valence-electron chi connectivity index (χ1n) is 5.00. The maximum atomic E-state index is 11.1. The molecule has 0 aromatic carbocycles. The third kappa shape index (κ3) is 3.40. The molecule has 1 rings (SSSR count). The number of rotatable bonds is 5. The third-order valence-corrected chi connectivity index (χ3v) is 2.20. The van der Waals surface area contributed by atoms with Gasteiger partial charge in [-0.2, -0.15) is 0 Å². The number of methoxy groups -OCH3 is 1. The van der Waals surface area contributed by atoms with Crippen LogP contribution in [0.1, 0.15) is 6.92 Å². The molecule has 0 fully saturated rings. The van der Waals surface area contributed by atoms with Crippen LogP contribution in [-0.4, -0.2) is 36.1 Å². The monoisotopic (exact) mass is 239 g/mol. The highest BCUT2D eigenvalue weighted by Crippen LogP contribution is 2.15. The average Bonchev–Trinajstić information content (AvgIpc) is 2.35. The Balaban J connectivity index is 2.82. The summed E-state index contributed by atoms with van der Waals surface area (Å²) in [7, 11) is 1.30. The minimum atomic E-state index is -0.520. The zero-order valence-electron chi connectivity index (χ0n) is 9.62. The summed E-state index contributed by atoms with van der Waals surface area (Å²) in [6.45, 7) is 2.48. The fourth-order valence-corrected chi connectivity index (χ4v) is 1.25. The first-order chi connectivity index (χ1) is 8.08. The van der Waals surface area contributed by atoms with Crippen molar-refractivity contribution in [2.45, 2.75) is 6.92 Å². The van der Waals surface area contributed by atoms with E-state index in [0.717, 1.165) is 6.20 Å². The van der Waals surface area contributed by atoms with Crippen molar-refractivity contribution in [3.05, 3.63) is 28.4 Å². The van der Waals surface area contributed by atoms with Gasteiger partial charge in [0.05, 0.1) is 12.0 Å². The van der Waals surface area contributed by atoms with Gasteiger partial charge in [-0.25, -0.2) is 4.98 Å². The summed E-state index contributed by atoms with van der Waals surface area (Å²) in [5.41, 5.74) is -0.0807. The molecule has 0 saturated heterocycles. The highest BCUT2D eigenvalue weighted by Gasteiger charge is 2.13. The van der Waals surface area contributed by atoms with Crippen LogP contribution < -0.4 is 4.90 Å². The number of esters is 1. The summed E-state index contributed by atoms with van der Waals surface area (Å²) in [6, 6.07) is 2.85. The second kappa shape index (κ2) is 5.78. The van der Waals surface area contributed by atoms with Crippen LogP contribution >= 0.6 is 0 Å². The molecule has 1 aromatic heterocycles. The van der Waals surface area contributed by atoms with E-state index in [4.69, 9.17) is 0 Å². The largest absolute Gasteiger partial charge is 0.468 e. The van der Waals surface area contributed by atoms with Crippen molar-refractivity contribution in [1.82, 2.24) is 4.98 Å². The van der Waals surface area contributed by atoms with E-state index in [9.17, 15) is 14.9 Å². The molecule has 0 spiro atoms. The lowest BCUT2D eigenvalue weighted by atomic mass is 10.3. The Morgan fingerprint density at radius 3 is 2.71 bits per heavy atom. The minimum absolute atomic E-state index is 0.0673. The van der Waals surface area contributed by atoms with Gasteiger partial charge in [0, 0.05) is 12.6 Å². The zero-order valence-corrected chi connectivity index (χ0v) is 9.62. The molecule has 0 N–H and O–H groups in total. The van der Waals surface area contributed by atoms with Crippen LogP contribution in [0.25, 0.3) is 0 Å². The first-order valence-corrected chi connectivity index (χ1v) is 5.00. The summed E-state index contributed by atoms with van der Waals surface area (Å²) in [5, 5.41) is 10.5. The lowest BCUT2D eigenvalue weighted by Gasteiger charge is -2.19. The molecule has 0 bridgehead atoms. The molecule has 0 unspecified atom stereocenters. The van der Waals surface area contributed by atoms with Crippen molar-refractivity contribution >= 4 is 17.5 Å². The second-order valence-corrected chi connectivity index (χ2v) is 3.22. The highest BCUT2D eigenvalue weighted by molar-refractivity contribution is 5.75. The molecular formula is C10H13N3O4. The predicted octanol–water partition coefficient (Wildman–Crippen LogP) is 0.989. The lowest BCUT2D eigenvalue weighted by molar-refractivity contribution is -0.385. The second-order valence-electron chi connectivity index (χ2n) is 3.22. The lowest BCUT2D eigenvalue weighted by Crippen LogP contribution is -2.30. The maximum Gasteiger partial charge on any atom is 0.325 e. The van der Waals surface area contributed by atoms with Crippen LogP contribution in [0.3, 0.4) is 0 Å². The van der Waals surface area contributed by atoms with E-state index in [0.29, 0.717) is 12.4 Å². The van der Waals surface area contributed by atoms with Gasteiger partial charge in [-0.05, 0) is 13.0 Å². The molecule has 92 valence electrons. The topological polar surface area (TPSA) is 85.6 Å². The average molecular weight is 239 g/mol. The summed E-state index contributed by atoms with van der Waals surface area (Å²) < 4.78 is 4.55. The summed E-state index contributed by atoms with van der Waals surface area (Å²) in [5.74, 6) is 0.121. The Kier molecular flexibility index (Phi) is 4.38. The third-order valence-electron chi connectivity index (χ3n) is 2.20. The Morgan fingerprint density at radius 1 is 1.59 bits per heavy atom. The van der Waals surface area contributed by atoms with Gasteiger partial charge in [-0.1, -0.05) is 0 Å². The number of hydrogen-bond donors (Lipinski definition) is 0. The molecule has 0 radical (unpaired) electrons. The summed E-state index contributed by atoms with van der Waals surface area (Å²) in [6.07, 6.45) is 1.16. The molecule has 0 saturated carbocycles. The predicted molar refractivity (Wildman–Crippen MR) is 60.8 cm³/mol. The fourth-order valence-electron chi connectivity index (χ4n) is 1.25. The molecule has 0 aliphatic carbocycles.